The van der Waals surface area contributed by atoms with Crippen LogP contribution in [0.3, 0.4) is 0 Å². The molecule has 0 fully saturated rings. The highest BCUT2D eigenvalue weighted by atomic mass is 16.7. The molecule has 6 heteroatoms. The number of hydrogen-bond acceptors (Lipinski definition) is 4. The maximum atomic E-state index is 11.9. The van der Waals surface area contributed by atoms with E-state index in [4.69, 9.17) is 9.47 Å². The number of methoxy groups -OCH3 is 2. The molecule has 2 amide bonds. The lowest BCUT2D eigenvalue weighted by molar-refractivity contribution is -0.120. The van der Waals surface area contributed by atoms with E-state index in [0.717, 1.165) is 5.69 Å². The summed E-state index contributed by atoms with van der Waals surface area (Å²) >= 11 is 0. The number of amides is 2. The number of carbonyl (C=O) groups is 1. The third kappa shape index (κ3) is 4.84. The highest BCUT2D eigenvalue weighted by Gasteiger charge is 2.21. The fourth-order valence-electron chi connectivity index (χ4n) is 1.72. The lowest BCUT2D eigenvalue weighted by atomic mass is 10.2. The van der Waals surface area contributed by atoms with Gasteiger partial charge in [0, 0.05) is 19.9 Å². The fraction of sp³-hybridized carbons (Fsp3) is 0.538. The Balaban J connectivity index is 2.58. The summed E-state index contributed by atoms with van der Waals surface area (Å²) in [4.78, 5) is 16.1. The van der Waals surface area contributed by atoms with Crippen LogP contribution in [0.4, 0.5) is 10.6 Å². The SMILES string of the molecule is CC[C@H](NC(=O)Nc1cccc(C)n1)C(OC)OC. The van der Waals surface area contributed by atoms with Gasteiger partial charge in [-0.2, -0.15) is 0 Å². The lowest BCUT2D eigenvalue weighted by Crippen LogP contribution is -2.46. The van der Waals surface area contributed by atoms with Crippen molar-refractivity contribution in [2.75, 3.05) is 19.5 Å². The number of rotatable bonds is 6. The molecule has 0 aliphatic rings. The van der Waals surface area contributed by atoms with Crippen molar-refractivity contribution in [1.82, 2.24) is 10.3 Å². The Bertz CT molecular complexity index is 408. The molecule has 0 aliphatic carbocycles. The van der Waals surface area contributed by atoms with Gasteiger partial charge in [-0.1, -0.05) is 13.0 Å². The van der Waals surface area contributed by atoms with E-state index >= 15 is 0 Å². The predicted octanol–water partition coefficient (Wildman–Crippen LogP) is 1.91. The molecule has 1 atom stereocenters. The van der Waals surface area contributed by atoms with Crippen LogP contribution in [0.25, 0.3) is 0 Å². The molecule has 1 rings (SSSR count). The minimum atomic E-state index is -0.471. The summed E-state index contributed by atoms with van der Waals surface area (Å²) in [6, 6.07) is 4.88. The first-order valence-corrected chi connectivity index (χ1v) is 6.17. The van der Waals surface area contributed by atoms with Gasteiger partial charge < -0.3 is 14.8 Å². The van der Waals surface area contributed by atoms with Gasteiger partial charge in [-0.05, 0) is 25.5 Å². The van der Waals surface area contributed by atoms with Gasteiger partial charge in [-0.15, -0.1) is 0 Å². The van der Waals surface area contributed by atoms with E-state index in [0.29, 0.717) is 12.2 Å². The molecule has 0 radical (unpaired) electrons. The number of aryl methyl sites for hydroxylation is 1. The topological polar surface area (TPSA) is 72.5 Å². The molecule has 1 aromatic heterocycles. The normalized spacial score (nSPS) is 12.3. The minimum Gasteiger partial charge on any atom is -0.354 e. The molecule has 19 heavy (non-hydrogen) atoms. The van der Waals surface area contributed by atoms with Gasteiger partial charge in [0.25, 0.3) is 0 Å². The summed E-state index contributed by atoms with van der Waals surface area (Å²) in [6.07, 6.45) is 0.224. The van der Waals surface area contributed by atoms with Crippen molar-refractivity contribution in [2.24, 2.45) is 0 Å². The van der Waals surface area contributed by atoms with E-state index < -0.39 is 6.29 Å². The maximum Gasteiger partial charge on any atom is 0.320 e. The first-order valence-electron chi connectivity index (χ1n) is 6.17. The highest BCUT2D eigenvalue weighted by molar-refractivity contribution is 5.88. The summed E-state index contributed by atoms with van der Waals surface area (Å²) in [5.74, 6) is 0.513. The quantitative estimate of drug-likeness (QED) is 0.772. The summed E-state index contributed by atoms with van der Waals surface area (Å²) < 4.78 is 10.3. The number of nitrogens with zero attached hydrogens (tertiary/aromatic N) is 1. The Kier molecular flexibility index (Phi) is 6.24. The molecule has 0 aliphatic heterocycles. The lowest BCUT2D eigenvalue weighted by Gasteiger charge is -2.24. The number of nitrogens with one attached hydrogen (secondary N) is 2. The molecule has 0 spiro atoms. The Hall–Kier alpha value is -1.66. The fourth-order valence-corrected chi connectivity index (χ4v) is 1.72. The first kappa shape index (κ1) is 15.4. The van der Waals surface area contributed by atoms with E-state index in [9.17, 15) is 4.79 Å². The highest BCUT2D eigenvalue weighted by Crippen LogP contribution is 2.06. The molecule has 0 saturated heterocycles. The summed E-state index contributed by atoms with van der Waals surface area (Å²) in [5, 5.41) is 5.47. The molecule has 1 heterocycles. The maximum absolute atomic E-state index is 11.9. The van der Waals surface area contributed by atoms with Crippen molar-refractivity contribution in [3.05, 3.63) is 23.9 Å². The van der Waals surface area contributed by atoms with Gasteiger partial charge in [-0.3, -0.25) is 5.32 Å². The molecular formula is C13H21N3O3. The Morgan fingerprint density at radius 2 is 2.05 bits per heavy atom. The third-order valence-electron chi connectivity index (χ3n) is 2.68. The van der Waals surface area contributed by atoms with Crippen LogP contribution in [0.15, 0.2) is 18.2 Å². The van der Waals surface area contributed by atoms with Crippen molar-refractivity contribution >= 4 is 11.8 Å². The van der Waals surface area contributed by atoms with Gasteiger partial charge >= 0.3 is 6.03 Å². The third-order valence-corrected chi connectivity index (χ3v) is 2.68. The van der Waals surface area contributed by atoms with Gasteiger partial charge in [0.15, 0.2) is 6.29 Å². The molecule has 0 aromatic carbocycles. The molecule has 0 bridgehead atoms. The van der Waals surface area contributed by atoms with Crippen LogP contribution in [0.1, 0.15) is 19.0 Å². The Morgan fingerprint density at radius 1 is 1.37 bits per heavy atom. The number of carbonyl (C=O) groups excluding carboxylic acids is 1. The smallest absolute Gasteiger partial charge is 0.320 e. The minimum absolute atomic E-state index is 0.222. The van der Waals surface area contributed by atoms with Crippen LogP contribution in [0, 0.1) is 6.92 Å². The number of hydrogen-bond donors (Lipinski definition) is 2. The van der Waals surface area contributed by atoms with Crippen LogP contribution in [-0.4, -0.2) is 37.6 Å². The second-order valence-corrected chi connectivity index (χ2v) is 4.12. The number of urea groups is 1. The number of anilines is 1. The van der Waals surface area contributed by atoms with Gasteiger partial charge in [0.2, 0.25) is 0 Å². The molecule has 0 unspecified atom stereocenters. The second-order valence-electron chi connectivity index (χ2n) is 4.12. The number of pyridine rings is 1. The number of aromatic nitrogens is 1. The Labute approximate surface area is 113 Å². The number of ether oxygens (including phenoxy) is 2. The summed E-state index contributed by atoms with van der Waals surface area (Å²) in [5.41, 5.74) is 0.844. The average molecular weight is 267 g/mol. The standard InChI is InChI=1S/C13H21N3O3/c1-5-10(12(18-3)19-4)15-13(17)16-11-8-6-7-9(2)14-11/h6-8,10,12H,5H2,1-4H3,(H2,14,15,16,17)/t10-/m0/s1. The van der Waals surface area contributed by atoms with E-state index in [1.807, 2.05) is 26.0 Å². The van der Waals surface area contributed by atoms with Crippen LogP contribution >= 0.6 is 0 Å². The van der Waals surface area contributed by atoms with Crippen LogP contribution < -0.4 is 10.6 Å². The molecule has 6 nitrogen and oxygen atoms in total. The van der Waals surface area contributed by atoms with Crippen LogP contribution in [-0.2, 0) is 9.47 Å². The monoisotopic (exact) mass is 267 g/mol. The zero-order valence-electron chi connectivity index (χ0n) is 11.8. The second kappa shape index (κ2) is 7.70. The summed E-state index contributed by atoms with van der Waals surface area (Å²) in [7, 11) is 3.08. The van der Waals surface area contributed by atoms with Crippen molar-refractivity contribution in [1.29, 1.82) is 0 Å². The molecule has 2 N–H and O–H groups in total. The molecule has 1 aromatic rings. The largest absolute Gasteiger partial charge is 0.354 e. The first-order chi connectivity index (χ1) is 9.10. The molecule has 0 saturated carbocycles. The van der Waals surface area contributed by atoms with Crippen molar-refractivity contribution in [3.8, 4) is 0 Å². The van der Waals surface area contributed by atoms with E-state index in [1.165, 1.54) is 0 Å². The Morgan fingerprint density at radius 3 is 2.58 bits per heavy atom. The van der Waals surface area contributed by atoms with Gasteiger partial charge in [0.1, 0.15) is 5.82 Å². The molecule has 106 valence electrons. The van der Waals surface area contributed by atoms with E-state index in [2.05, 4.69) is 15.6 Å². The predicted molar refractivity (Wildman–Crippen MR) is 73.0 cm³/mol. The van der Waals surface area contributed by atoms with Crippen molar-refractivity contribution < 1.29 is 14.3 Å². The van der Waals surface area contributed by atoms with Crippen molar-refractivity contribution in [3.63, 3.8) is 0 Å². The van der Waals surface area contributed by atoms with Crippen LogP contribution in [0.2, 0.25) is 0 Å². The molecular weight excluding hydrogens is 246 g/mol. The average Bonchev–Trinajstić information content (AvgIpc) is 2.38. The van der Waals surface area contributed by atoms with Crippen molar-refractivity contribution in [2.45, 2.75) is 32.6 Å². The van der Waals surface area contributed by atoms with Gasteiger partial charge in [-0.25, -0.2) is 9.78 Å². The zero-order valence-corrected chi connectivity index (χ0v) is 11.8. The van der Waals surface area contributed by atoms with Crippen LogP contribution in [0.5, 0.6) is 0 Å². The van der Waals surface area contributed by atoms with E-state index in [1.54, 1.807) is 20.3 Å². The van der Waals surface area contributed by atoms with E-state index in [-0.39, 0.29) is 12.1 Å². The van der Waals surface area contributed by atoms with Gasteiger partial charge in [0.05, 0.1) is 6.04 Å². The summed E-state index contributed by atoms with van der Waals surface area (Å²) in [6.45, 7) is 3.81. The zero-order chi connectivity index (χ0) is 14.3.